The third-order valence-corrected chi connectivity index (χ3v) is 4.00. The molecule has 1 fully saturated rings. The van der Waals surface area contributed by atoms with Crippen LogP contribution in [0.25, 0.3) is 0 Å². The van der Waals surface area contributed by atoms with Crippen LogP contribution < -0.4 is 11.2 Å². The fourth-order valence-corrected chi connectivity index (χ4v) is 2.55. The van der Waals surface area contributed by atoms with Crippen molar-refractivity contribution in [3.05, 3.63) is 0 Å². The lowest BCUT2D eigenvalue weighted by molar-refractivity contribution is -0.121. The molecule has 140 valence electrons. The first kappa shape index (κ1) is 21.7. The van der Waals surface area contributed by atoms with Gasteiger partial charge in [-0.2, -0.15) is 0 Å². The van der Waals surface area contributed by atoms with Crippen LogP contribution in [-0.2, 0) is 19.1 Å². The van der Waals surface area contributed by atoms with E-state index in [0.29, 0.717) is 32.8 Å². The van der Waals surface area contributed by atoms with Gasteiger partial charge in [-0.05, 0) is 19.4 Å². The molecule has 0 bridgehead atoms. The molecule has 1 rings (SSSR count). The van der Waals surface area contributed by atoms with E-state index in [1.165, 1.54) is 0 Å². The Morgan fingerprint density at radius 3 is 2.46 bits per heavy atom. The fraction of sp³-hybridized carbons (Fsp3) is 0.867. The van der Waals surface area contributed by atoms with E-state index in [1.807, 2.05) is 5.01 Å². The number of nitrogens with zero attached hydrogens (tertiary/aromatic N) is 2. The Morgan fingerprint density at radius 1 is 1.04 bits per heavy atom. The highest BCUT2D eigenvalue weighted by atomic mass is 127. The Hall–Kier alpha value is -0.330. The number of piperazine rings is 1. The molecule has 0 saturated carbocycles. The van der Waals surface area contributed by atoms with E-state index in [-0.39, 0.29) is 16.3 Å². The molecule has 0 spiro atoms. The molecule has 0 atom stereocenters. The van der Waals surface area contributed by atoms with Crippen LogP contribution in [-0.4, -0.2) is 85.3 Å². The molecule has 0 aromatic heterocycles. The first-order valence-corrected chi connectivity index (χ1v) is 9.48. The average molecular weight is 456 g/mol. The zero-order valence-corrected chi connectivity index (χ0v) is 16.3. The molecule has 0 aliphatic carbocycles. The quantitative estimate of drug-likeness (QED) is 0.171. The molecular weight excluding hydrogens is 427 g/mol. The lowest BCUT2D eigenvalue weighted by atomic mass is 10.2. The summed E-state index contributed by atoms with van der Waals surface area (Å²) in [6.07, 6.45) is 2.48. The number of nitrogens with two attached hydrogens (primary N) is 1. The van der Waals surface area contributed by atoms with Crippen LogP contribution in [0.3, 0.4) is 0 Å². The van der Waals surface area contributed by atoms with Crippen LogP contribution in [0, 0.1) is 0 Å². The molecule has 0 aromatic rings. The normalized spacial score (nSPS) is 16.2. The highest BCUT2D eigenvalue weighted by Gasteiger charge is 2.13. The summed E-state index contributed by atoms with van der Waals surface area (Å²) < 4.78 is 10.3. The summed E-state index contributed by atoms with van der Waals surface area (Å²) in [5.74, 6) is 5.78. The van der Waals surface area contributed by atoms with Gasteiger partial charge in [0, 0.05) is 61.7 Å². The summed E-state index contributed by atoms with van der Waals surface area (Å²) >= 11 is 1.69. The topological polar surface area (TPSA) is 97.1 Å². The van der Waals surface area contributed by atoms with Crippen molar-refractivity contribution in [3.8, 4) is 0 Å². The zero-order chi connectivity index (χ0) is 17.6. The summed E-state index contributed by atoms with van der Waals surface area (Å²) in [4.78, 5) is 24.7. The molecule has 1 aliphatic rings. The van der Waals surface area contributed by atoms with Gasteiger partial charge in [0.05, 0.1) is 19.8 Å². The van der Waals surface area contributed by atoms with Crippen molar-refractivity contribution < 1.29 is 19.1 Å². The summed E-state index contributed by atoms with van der Waals surface area (Å²) in [7, 11) is 0. The summed E-state index contributed by atoms with van der Waals surface area (Å²) in [6.45, 7) is 6.77. The van der Waals surface area contributed by atoms with Crippen LogP contribution in [0.15, 0.2) is 0 Å². The Kier molecular flexibility index (Phi) is 12.6. The van der Waals surface area contributed by atoms with Crippen molar-refractivity contribution >= 4 is 32.3 Å². The van der Waals surface area contributed by atoms with Crippen molar-refractivity contribution in [3.63, 3.8) is 0 Å². The Bertz CT molecular complexity index is 365. The van der Waals surface area contributed by atoms with Crippen LogP contribution in [0.4, 0.5) is 0 Å². The van der Waals surface area contributed by atoms with Gasteiger partial charge in [-0.15, -0.1) is 0 Å². The third kappa shape index (κ3) is 12.1. The molecule has 3 N–H and O–H groups in total. The van der Waals surface area contributed by atoms with Crippen LogP contribution >= 0.6 is 22.6 Å². The van der Waals surface area contributed by atoms with Gasteiger partial charge in [-0.1, -0.05) is 0 Å². The van der Waals surface area contributed by atoms with Crippen molar-refractivity contribution in [1.29, 1.82) is 0 Å². The van der Waals surface area contributed by atoms with E-state index in [9.17, 15) is 9.59 Å². The fourth-order valence-electron chi connectivity index (χ4n) is 2.33. The first-order chi connectivity index (χ1) is 11.6. The second-order valence-corrected chi connectivity index (χ2v) is 6.91. The number of nitrogens with one attached hydrogen (secondary N) is 1. The van der Waals surface area contributed by atoms with E-state index in [0.717, 1.165) is 45.6 Å². The van der Waals surface area contributed by atoms with E-state index in [1.54, 1.807) is 22.6 Å². The lowest BCUT2D eigenvalue weighted by Crippen LogP contribution is -2.49. The van der Waals surface area contributed by atoms with Crippen molar-refractivity contribution in [2.24, 2.45) is 5.84 Å². The Morgan fingerprint density at radius 2 is 1.75 bits per heavy atom. The standard InChI is InChI=1S/C15H29IN4O4/c16-14(21)13-24-12-11-23-10-4-18-15(22)3-1-2-5-19-6-8-20(17)9-7-19/h1-13,17H2,(H,18,22). The molecule has 1 amide bonds. The van der Waals surface area contributed by atoms with E-state index in [2.05, 4.69) is 10.2 Å². The highest BCUT2D eigenvalue weighted by molar-refractivity contribution is 14.1. The van der Waals surface area contributed by atoms with Gasteiger partial charge in [-0.25, -0.2) is 5.01 Å². The van der Waals surface area contributed by atoms with Gasteiger partial charge in [0.15, 0.2) is 0 Å². The molecule has 1 aliphatic heterocycles. The minimum Gasteiger partial charge on any atom is -0.377 e. The van der Waals surface area contributed by atoms with Crippen LogP contribution in [0.5, 0.6) is 0 Å². The number of unbranched alkanes of at least 4 members (excludes halogenated alkanes) is 1. The number of hydrogen-bond donors (Lipinski definition) is 2. The second-order valence-electron chi connectivity index (χ2n) is 5.70. The van der Waals surface area contributed by atoms with Gasteiger partial charge in [0.1, 0.15) is 6.61 Å². The predicted molar refractivity (Wildman–Crippen MR) is 99.7 cm³/mol. The predicted octanol–water partition coefficient (Wildman–Crippen LogP) is -0.241. The van der Waals surface area contributed by atoms with E-state index >= 15 is 0 Å². The molecular formula is C15H29IN4O4. The zero-order valence-electron chi connectivity index (χ0n) is 14.2. The molecule has 0 unspecified atom stereocenters. The van der Waals surface area contributed by atoms with Crippen molar-refractivity contribution in [1.82, 2.24) is 15.2 Å². The van der Waals surface area contributed by atoms with Gasteiger partial charge in [-0.3, -0.25) is 15.4 Å². The number of carbonyl (C=O) groups excluding carboxylic acids is 2. The molecule has 0 radical (unpaired) electrons. The Labute approximate surface area is 157 Å². The van der Waals surface area contributed by atoms with E-state index in [4.69, 9.17) is 15.3 Å². The maximum absolute atomic E-state index is 11.7. The number of amides is 1. The number of carbonyl (C=O) groups is 2. The van der Waals surface area contributed by atoms with Crippen molar-refractivity contribution in [2.45, 2.75) is 19.3 Å². The first-order valence-electron chi connectivity index (χ1n) is 8.40. The third-order valence-electron chi connectivity index (χ3n) is 3.69. The van der Waals surface area contributed by atoms with Crippen molar-refractivity contribution in [2.75, 3.05) is 65.7 Å². The van der Waals surface area contributed by atoms with Crippen LogP contribution in [0.2, 0.25) is 0 Å². The van der Waals surface area contributed by atoms with Gasteiger partial charge < -0.3 is 19.7 Å². The number of halogens is 1. The maximum Gasteiger partial charge on any atom is 0.220 e. The smallest absolute Gasteiger partial charge is 0.220 e. The summed E-state index contributed by atoms with van der Waals surface area (Å²) in [5.41, 5.74) is 0. The SMILES string of the molecule is NN1CCN(CCCCC(=O)NCCOCCOCC(=O)I)CC1. The monoisotopic (exact) mass is 456 g/mol. The minimum absolute atomic E-state index is 0.0264. The average Bonchev–Trinajstić information content (AvgIpc) is 2.55. The highest BCUT2D eigenvalue weighted by Crippen LogP contribution is 2.02. The second kappa shape index (κ2) is 13.9. The number of hydrazine groups is 1. The summed E-state index contributed by atoms with van der Waals surface area (Å²) in [5, 5.41) is 4.69. The molecule has 1 saturated heterocycles. The molecule has 9 heteroatoms. The molecule has 8 nitrogen and oxygen atoms in total. The maximum atomic E-state index is 11.7. The minimum atomic E-state index is -0.0264. The number of ether oxygens (including phenoxy) is 2. The number of hydrogen-bond acceptors (Lipinski definition) is 7. The van der Waals surface area contributed by atoms with Gasteiger partial charge in [0.25, 0.3) is 0 Å². The lowest BCUT2D eigenvalue weighted by Gasteiger charge is -2.31. The Balaban J connectivity index is 1.84. The largest absolute Gasteiger partial charge is 0.377 e. The van der Waals surface area contributed by atoms with E-state index < -0.39 is 0 Å². The van der Waals surface area contributed by atoms with Crippen LogP contribution in [0.1, 0.15) is 19.3 Å². The summed E-state index contributed by atoms with van der Waals surface area (Å²) in [6, 6.07) is 0. The van der Waals surface area contributed by atoms with Gasteiger partial charge >= 0.3 is 0 Å². The molecule has 1 heterocycles. The number of rotatable bonds is 13. The molecule has 24 heavy (non-hydrogen) atoms. The molecule has 0 aromatic carbocycles. The van der Waals surface area contributed by atoms with Gasteiger partial charge in [0.2, 0.25) is 9.70 Å².